The zero-order valence-corrected chi connectivity index (χ0v) is 22.0. The number of carbonyl (C=O) groups excluding carboxylic acids is 2. The molecule has 210 valence electrons. The van der Waals surface area contributed by atoms with Gasteiger partial charge in [-0.15, -0.1) is 0 Å². The summed E-state index contributed by atoms with van der Waals surface area (Å²) >= 11 is 0. The van der Waals surface area contributed by atoms with Gasteiger partial charge in [-0.1, -0.05) is 19.3 Å². The lowest BCUT2D eigenvalue weighted by Gasteiger charge is -2.38. The van der Waals surface area contributed by atoms with Crippen molar-refractivity contribution in [1.82, 2.24) is 10.9 Å². The van der Waals surface area contributed by atoms with E-state index in [-0.39, 0.29) is 42.6 Å². The van der Waals surface area contributed by atoms with E-state index >= 15 is 0 Å². The van der Waals surface area contributed by atoms with Crippen molar-refractivity contribution in [3.8, 4) is 11.5 Å². The van der Waals surface area contributed by atoms with E-state index in [2.05, 4.69) is 21.1 Å². The molecule has 1 saturated carbocycles. The lowest BCUT2D eigenvalue weighted by Crippen LogP contribution is -2.55. The molecule has 11 nitrogen and oxygen atoms in total. The number of anilines is 3. The number of nitrogens with one attached hydrogen (secondary N) is 2. The van der Waals surface area contributed by atoms with Crippen molar-refractivity contribution in [2.24, 2.45) is 16.1 Å². The van der Waals surface area contributed by atoms with E-state index in [0.29, 0.717) is 40.3 Å². The molecule has 0 bridgehead atoms. The monoisotopic (exact) mass is 553 g/mol. The van der Waals surface area contributed by atoms with Gasteiger partial charge in [-0.25, -0.2) is 19.6 Å². The number of hydrazone groups is 2. The largest absolute Gasteiger partial charge is 0.483 e. The van der Waals surface area contributed by atoms with Crippen molar-refractivity contribution >= 4 is 40.5 Å². The number of rotatable bonds is 2. The van der Waals surface area contributed by atoms with Crippen molar-refractivity contribution < 1.29 is 27.8 Å². The molecule has 5 aliphatic rings. The quantitative estimate of drug-likeness (QED) is 0.487. The molecule has 40 heavy (non-hydrogen) atoms. The smallest absolute Gasteiger partial charge is 0.262 e. The van der Waals surface area contributed by atoms with Gasteiger partial charge in [-0.05, 0) is 43.9 Å². The molecule has 2 unspecified atom stereocenters. The van der Waals surface area contributed by atoms with E-state index in [1.165, 1.54) is 37.5 Å². The maximum absolute atomic E-state index is 14.3. The fourth-order valence-electron chi connectivity index (χ4n) is 5.32. The third-order valence-corrected chi connectivity index (χ3v) is 7.85. The first-order chi connectivity index (χ1) is 19.2. The second-order valence-electron chi connectivity index (χ2n) is 10.4. The number of amidine groups is 2. The summed E-state index contributed by atoms with van der Waals surface area (Å²) < 4.78 is 38.6. The van der Waals surface area contributed by atoms with Crippen molar-refractivity contribution in [1.29, 1.82) is 0 Å². The molecule has 4 N–H and O–H groups in total. The van der Waals surface area contributed by atoms with Crippen LogP contribution in [0, 0.1) is 17.6 Å². The number of hydrogen-bond donors (Lipinski definition) is 3. The summed E-state index contributed by atoms with van der Waals surface area (Å²) in [6.07, 6.45) is 4.32. The van der Waals surface area contributed by atoms with E-state index in [4.69, 9.17) is 15.2 Å². The Morgan fingerprint density at radius 2 is 1.40 bits per heavy atom. The first kappa shape index (κ1) is 25.8. The van der Waals surface area contributed by atoms with E-state index in [1.54, 1.807) is 11.8 Å². The van der Waals surface area contributed by atoms with Crippen LogP contribution in [0.1, 0.15) is 38.7 Å². The zero-order chi connectivity index (χ0) is 28.1. The Kier molecular flexibility index (Phi) is 6.43. The molecule has 2 aromatic rings. The van der Waals surface area contributed by atoms with E-state index < -0.39 is 11.9 Å². The highest BCUT2D eigenvalue weighted by Gasteiger charge is 2.37. The lowest BCUT2D eigenvalue weighted by molar-refractivity contribution is -0.123. The Hall–Kier alpha value is -4.42. The van der Waals surface area contributed by atoms with E-state index in [0.717, 1.165) is 12.1 Å². The van der Waals surface area contributed by atoms with Crippen LogP contribution in [-0.4, -0.2) is 48.8 Å². The maximum Gasteiger partial charge on any atom is 0.262 e. The van der Waals surface area contributed by atoms with Crippen molar-refractivity contribution in [2.45, 2.75) is 51.6 Å². The normalized spacial score (nSPS) is 22.7. The average Bonchev–Trinajstić information content (AvgIpc) is 2.91. The molecule has 2 amide bonds. The fourth-order valence-corrected chi connectivity index (χ4v) is 5.32. The van der Waals surface area contributed by atoms with Crippen LogP contribution in [-0.2, 0) is 16.0 Å². The molecule has 7 rings (SSSR count). The summed E-state index contributed by atoms with van der Waals surface area (Å²) in [5.74, 6) is 1.49. The summed E-state index contributed by atoms with van der Waals surface area (Å²) in [7, 11) is 0. The standard InChI is InChI=1S/C16H18FN3O2.C11H11FN4O2/c1-9-16(21)19-18-15-8-22-14-7-12(17)11(5-10-3-2-4-10)6-13(14)20(9)15;1-5-11(17)15-14-10-4-18-9-2-6(12)7(13)3-8(9)16(5)10/h6-7,9-10H,2-5,8H2,1H3,(H,19,21);2-3,5H,4,13H2,1H3,(H,15,17). The third-order valence-electron chi connectivity index (χ3n) is 7.85. The van der Waals surface area contributed by atoms with Gasteiger partial charge >= 0.3 is 0 Å². The second kappa shape index (κ2) is 9.96. The van der Waals surface area contributed by atoms with Crippen LogP contribution in [0.25, 0.3) is 0 Å². The number of nitrogens with zero attached hydrogens (tertiary/aromatic N) is 4. The molecule has 1 aliphatic carbocycles. The summed E-state index contributed by atoms with van der Waals surface area (Å²) in [5.41, 5.74) is 12.5. The molecule has 0 saturated heterocycles. The zero-order valence-electron chi connectivity index (χ0n) is 22.0. The van der Waals surface area contributed by atoms with Crippen molar-refractivity contribution in [3.63, 3.8) is 0 Å². The molecule has 13 heteroatoms. The van der Waals surface area contributed by atoms with Crippen LogP contribution >= 0.6 is 0 Å². The van der Waals surface area contributed by atoms with Crippen LogP contribution < -0.4 is 35.9 Å². The first-order valence-corrected chi connectivity index (χ1v) is 13.2. The summed E-state index contributed by atoms with van der Waals surface area (Å²) in [5, 5.41) is 7.96. The maximum atomic E-state index is 14.3. The van der Waals surface area contributed by atoms with Gasteiger partial charge in [0.1, 0.15) is 48.4 Å². The molecular weight excluding hydrogens is 524 g/mol. The Labute approximate surface area is 229 Å². The summed E-state index contributed by atoms with van der Waals surface area (Å²) in [6, 6.07) is 5.13. The highest BCUT2D eigenvalue weighted by molar-refractivity contribution is 6.10. The Bertz CT molecular complexity index is 1460. The van der Waals surface area contributed by atoms with Crippen LogP contribution in [0.2, 0.25) is 0 Å². The Balaban J connectivity index is 0.000000148. The number of nitrogens with two attached hydrogens (primary N) is 1. The molecule has 4 heterocycles. The molecule has 0 aromatic heterocycles. The summed E-state index contributed by atoms with van der Waals surface area (Å²) in [4.78, 5) is 27.0. The predicted octanol–water partition coefficient (Wildman–Crippen LogP) is 2.64. The topological polar surface area (TPSA) is 134 Å². The minimum Gasteiger partial charge on any atom is -0.483 e. The predicted molar refractivity (Wildman–Crippen MR) is 144 cm³/mol. The molecule has 2 aromatic carbocycles. The van der Waals surface area contributed by atoms with Gasteiger partial charge in [-0.3, -0.25) is 9.59 Å². The number of amides is 2. The van der Waals surface area contributed by atoms with Crippen molar-refractivity contribution in [3.05, 3.63) is 41.5 Å². The molecule has 2 atom stereocenters. The van der Waals surface area contributed by atoms with Gasteiger partial charge in [-0.2, -0.15) is 10.2 Å². The number of ether oxygens (including phenoxy) is 2. The molecule has 1 fully saturated rings. The number of halogens is 2. The molecule has 0 spiro atoms. The fraction of sp³-hybridized carbons (Fsp3) is 0.407. The van der Waals surface area contributed by atoms with Crippen molar-refractivity contribution in [2.75, 3.05) is 28.7 Å². The van der Waals surface area contributed by atoms with E-state index in [9.17, 15) is 18.4 Å². The van der Waals surface area contributed by atoms with Gasteiger partial charge in [0.15, 0.2) is 11.7 Å². The second-order valence-corrected chi connectivity index (χ2v) is 10.4. The lowest BCUT2D eigenvalue weighted by atomic mass is 9.81. The van der Waals surface area contributed by atoms with Gasteiger partial charge < -0.3 is 25.0 Å². The number of carbonyl (C=O) groups is 2. The third kappa shape index (κ3) is 4.44. The highest BCUT2D eigenvalue weighted by Crippen LogP contribution is 2.39. The van der Waals surface area contributed by atoms with Gasteiger partial charge in [0.2, 0.25) is 0 Å². The molecular formula is C27H29F2N7O4. The minimum atomic E-state index is -0.539. The van der Waals surface area contributed by atoms with Crippen LogP contribution in [0.5, 0.6) is 11.5 Å². The number of hydrogen-bond acceptors (Lipinski definition) is 9. The van der Waals surface area contributed by atoms with Gasteiger partial charge in [0.05, 0.1) is 17.1 Å². The average molecular weight is 554 g/mol. The van der Waals surface area contributed by atoms with Crippen LogP contribution in [0.15, 0.2) is 34.5 Å². The molecule has 0 radical (unpaired) electrons. The minimum absolute atomic E-state index is 0.0109. The van der Waals surface area contributed by atoms with E-state index in [1.807, 2.05) is 17.9 Å². The number of fused-ring (bicyclic) bond motifs is 6. The SMILES string of the molecule is CC1C(=O)NN=C2COc3cc(F)c(CC4CCC4)cc3N21.CC1C(=O)NN=C2COc3cc(F)c(N)cc3N21. The Morgan fingerprint density at radius 3 is 1.93 bits per heavy atom. The summed E-state index contributed by atoms with van der Waals surface area (Å²) in [6.45, 7) is 3.97. The number of benzene rings is 2. The van der Waals surface area contributed by atoms with Crippen LogP contribution in [0.3, 0.4) is 0 Å². The highest BCUT2D eigenvalue weighted by atomic mass is 19.1. The number of nitrogen functional groups attached to an aromatic ring is 1. The Morgan fingerprint density at radius 1 is 0.875 bits per heavy atom. The molecule has 4 aliphatic heterocycles. The van der Waals surface area contributed by atoms with Gasteiger partial charge in [0.25, 0.3) is 11.8 Å². The first-order valence-electron chi connectivity index (χ1n) is 13.2. The van der Waals surface area contributed by atoms with Gasteiger partial charge in [0, 0.05) is 12.1 Å². The van der Waals surface area contributed by atoms with Crippen LogP contribution in [0.4, 0.5) is 25.8 Å².